The van der Waals surface area contributed by atoms with Gasteiger partial charge in [0.25, 0.3) is 0 Å². The van der Waals surface area contributed by atoms with Gasteiger partial charge >= 0.3 is 0 Å². The summed E-state index contributed by atoms with van der Waals surface area (Å²) in [5, 5.41) is 9.41. The van der Waals surface area contributed by atoms with Crippen LogP contribution in [0, 0.1) is 0 Å². The number of carbonyl (C=O) groups excluding carboxylic acids is 1. The first-order chi connectivity index (χ1) is 10.2. The van der Waals surface area contributed by atoms with Gasteiger partial charge in [0, 0.05) is 19.5 Å². The highest BCUT2D eigenvalue weighted by Crippen LogP contribution is 2.16. The third kappa shape index (κ3) is 4.33. The molecule has 0 saturated carbocycles. The first kappa shape index (κ1) is 15.6. The molecule has 2 heterocycles. The third-order valence-corrected chi connectivity index (χ3v) is 3.58. The topological polar surface area (TPSA) is 84.8 Å². The Kier molecular flexibility index (Phi) is 5.82. The molecule has 0 aliphatic carbocycles. The van der Waals surface area contributed by atoms with Gasteiger partial charge in [-0.2, -0.15) is 16.7 Å². The molecule has 1 amide bonds. The number of nitrogens with one attached hydrogen (secondary N) is 2. The number of methoxy groups -OCH3 is 1. The fraction of sp³-hybridized carbons (Fsp3) is 0.462. The lowest BCUT2D eigenvalue weighted by atomic mass is 10.2. The Balaban J connectivity index is 2.03. The average molecular weight is 309 g/mol. The average Bonchev–Trinajstić information content (AvgIpc) is 3.12. The molecule has 0 aromatic carbocycles. The van der Waals surface area contributed by atoms with Crippen LogP contribution >= 0.6 is 11.8 Å². The molecular formula is C13H19N5O2S. The highest BCUT2D eigenvalue weighted by Gasteiger charge is 2.20. The number of hydrogen-bond donors (Lipinski definition) is 2. The van der Waals surface area contributed by atoms with E-state index >= 15 is 0 Å². The molecule has 2 rings (SSSR count). The van der Waals surface area contributed by atoms with Crippen LogP contribution in [0.15, 0.2) is 24.5 Å². The number of amides is 1. The maximum Gasteiger partial charge on any atom is 0.249 e. The third-order valence-electron chi connectivity index (χ3n) is 2.93. The van der Waals surface area contributed by atoms with Gasteiger partial charge in [-0.1, -0.05) is 0 Å². The van der Waals surface area contributed by atoms with Gasteiger partial charge in [0.2, 0.25) is 11.9 Å². The highest BCUT2D eigenvalue weighted by atomic mass is 32.2. The standard InChI is InChI=1S/C13H19N5O2S/c1-20-9-11-14-13(17-16-11)15-12(19)10(5-8-21-2)18-6-3-4-7-18/h3-4,6-7,10H,5,8-9H2,1-2H3,(H2,14,15,16,17,19). The van der Waals surface area contributed by atoms with E-state index in [4.69, 9.17) is 4.74 Å². The van der Waals surface area contributed by atoms with Crippen molar-refractivity contribution in [2.24, 2.45) is 0 Å². The number of aromatic amines is 1. The summed E-state index contributed by atoms with van der Waals surface area (Å²) in [5.41, 5.74) is 0. The molecule has 1 atom stereocenters. The first-order valence-corrected chi connectivity index (χ1v) is 7.96. The van der Waals surface area contributed by atoms with Crippen molar-refractivity contribution in [1.82, 2.24) is 19.7 Å². The van der Waals surface area contributed by atoms with E-state index in [9.17, 15) is 4.79 Å². The zero-order valence-electron chi connectivity index (χ0n) is 12.1. The predicted molar refractivity (Wildman–Crippen MR) is 82.2 cm³/mol. The summed E-state index contributed by atoms with van der Waals surface area (Å²) >= 11 is 1.71. The number of anilines is 1. The van der Waals surface area contributed by atoms with Crippen molar-refractivity contribution in [3.05, 3.63) is 30.4 Å². The van der Waals surface area contributed by atoms with Gasteiger partial charge in [-0.05, 0) is 30.6 Å². The molecule has 0 spiro atoms. The van der Waals surface area contributed by atoms with Crippen molar-refractivity contribution >= 4 is 23.6 Å². The van der Waals surface area contributed by atoms with Crippen molar-refractivity contribution in [1.29, 1.82) is 0 Å². The number of ether oxygens (including phenoxy) is 1. The van der Waals surface area contributed by atoms with Crippen LogP contribution in [0.1, 0.15) is 18.3 Å². The van der Waals surface area contributed by atoms with Gasteiger partial charge in [0.1, 0.15) is 12.6 Å². The Labute approximate surface area is 127 Å². The second kappa shape index (κ2) is 7.84. The molecule has 8 heteroatoms. The second-order valence-electron chi connectivity index (χ2n) is 4.46. The molecule has 0 aliphatic rings. The van der Waals surface area contributed by atoms with Gasteiger partial charge in [-0.3, -0.25) is 15.2 Å². The minimum atomic E-state index is -0.267. The summed E-state index contributed by atoms with van der Waals surface area (Å²) in [5.74, 6) is 1.63. The molecule has 2 aromatic heterocycles. The van der Waals surface area contributed by atoms with Crippen LogP contribution in [0.4, 0.5) is 5.95 Å². The van der Waals surface area contributed by atoms with Crippen molar-refractivity contribution in [3.8, 4) is 0 Å². The molecule has 0 bridgehead atoms. The van der Waals surface area contributed by atoms with Crippen molar-refractivity contribution in [2.75, 3.05) is 24.4 Å². The summed E-state index contributed by atoms with van der Waals surface area (Å²) in [6.45, 7) is 0.330. The Morgan fingerprint density at radius 3 is 2.95 bits per heavy atom. The molecular weight excluding hydrogens is 290 g/mol. The van der Waals surface area contributed by atoms with Crippen LogP contribution in [-0.2, 0) is 16.1 Å². The number of rotatable bonds is 8. The van der Waals surface area contributed by atoms with Gasteiger partial charge in [-0.15, -0.1) is 5.10 Å². The Morgan fingerprint density at radius 1 is 1.52 bits per heavy atom. The first-order valence-electron chi connectivity index (χ1n) is 6.57. The van der Waals surface area contributed by atoms with Crippen LogP contribution in [-0.4, -0.2) is 44.8 Å². The summed E-state index contributed by atoms with van der Waals surface area (Å²) in [6.07, 6.45) is 6.55. The molecule has 114 valence electrons. The molecule has 21 heavy (non-hydrogen) atoms. The summed E-state index contributed by atoms with van der Waals surface area (Å²) in [6, 6.07) is 3.54. The zero-order chi connectivity index (χ0) is 15.1. The number of aromatic nitrogens is 4. The number of hydrogen-bond acceptors (Lipinski definition) is 5. The van der Waals surface area contributed by atoms with E-state index in [1.165, 1.54) is 0 Å². The van der Waals surface area contributed by atoms with E-state index in [-0.39, 0.29) is 17.9 Å². The van der Waals surface area contributed by atoms with E-state index in [1.54, 1.807) is 18.9 Å². The van der Waals surface area contributed by atoms with E-state index in [2.05, 4.69) is 20.5 Å². The minimum Gasteiger partial charge on any atom is -0.377 e. The molecule has 0 saturated heterocycles. The number of thioether (sulfide) groups is 1. The molecule has 7 nitrogen and oxygen atoms in total. The van der Waals surface area contributed by atoms with Crippen LogP contribution in [0.25, 0.3) is 0 Å². The largest absolute Gasteiger partial charge is 0.377 e. The molecule has 0 aliphatic heterocycles. The summed E-state index contributed by atoms with van der Waals surface area (Å²) in [4.78, 5) is 16.6. The predicted octanol–water partition coefficient (Wildman–Crippen LogP) is 1.69. The van der Waals surface area contributed by atoms with Crippen LogP contribution in [0.3, 0.4) is 0 Å². The minimum absolute atomic E-state index is 0.122. The zero-order valence-corrected chi connectivity index (χ0v) is 12.9. The number of nitrogens with zero attached hydrogens (tertiary/aromatic N) is 3. The van der Waals surface area contributed by atoms with Gasteiger partial charge in [0.15, 0.2) is 5.82 Å². The molecule has 2 aromatic rings. The Morgan fingerprint density at radius 2 is 2.29 bits per heavy atom. The fourth-order valence-corrected chi connectivity index (χ4v) is 2.41. The normalized spacial score (nSPS) is 12.3. The lowest BCUT2D eigenvalue weighted by molar-refractivity contribution is -0.119. The molecule has 0 radical (unpaired) electrons. The van der Waals surface area contributed by atoms with E-state index in [1.807, 2.05) is 35.3 Å². The summed E-state index contributed by atoms with van der Waals surface area (Å²) in [7, 11) is 1.57. The Bertz CT molecular complexity index is 555. The van der Waals surface area contributed by atoms with Crippen LogP contribution in [0.2, 0.25) is 0 Å². The number of H-pyrrole nitrogens is 1. The smallest absolute Gasteiger partial charge is 0.249 e. The Hall–Kier alpha value is -1.80. The second-order valence-corrected chi connectivity index (χ2v) is 5.44. The van der Waals surface area contributed by atoms with Crippen molar-refractivity contribution in [3.63, 3.8) is 0 Å². The van der Waals surface area contributed by atoms with Gasteiger partial charge in [-0.25, -0.2) is 0 Å². The maximum atomic E-state index is 12.4. The van der Waals surface area contributed by atoms with Gasteiger partial charge < -0.3 is 9.30 Å². The summed E-state index contributed by atoms with van der Waals surface area (Å²) < 4.78 is 6.85. The molecule has 0 fully saturated rings. The monoisotopic (exact) mass is 309 g/mol. The van der Waals surface area contributed by atoms with Crippen LogP contribution in [0.5, 0.6) is 0 Å². The van der Waals surface area contributed by atoms with Gasteiger partial charge in [0.05, 0.1) is 0 Å². The molecule has 2 N–H and O–H groups in total. The van der Waals surface area contributed by atoms with E-state index in [0.29, 0.717) is 12.4 Å². The SMILES string of the molecule is COCc1nc(NC(=O)C(CCSC)n2cccc2)n[nH]1. The lowest BCUT2D eigenvalue weighted by Gasteiger charge is -2.17. The molecule has 1 unspecified atom stereocenters. The van der Waals surface area contributed by atoms with E-state index in [0.717, 1.165) is 12.2 Å². The maximum absolute atomic E-state index is 12.4. The quantitative estimate of drug-likeness (QED) is 0.775. The number of carbonyl (C=O) groups is 1. The van der Waals surface area contributed by atoms with Crippen molar-refractivity contribution < 1.29 is 9.53 Å². The fourth-order valence-electron chi connectivity index (χ4n) is 1.95. The van der Waals surface area contributed by atoms with Crippen molar-refractivity contribution in [2.45, 2.75) is 19.1 Å². The highest BCUT2D eigenvalue weighted by molar-refractivity contribution is 7.98. The lowest BCUT2D eigenvalue weighted by Crippen LogP contribution is -2.26. The van der Waals surface area contributed by atoms with Crippen LogP contribution < -0.4 is 5.32 Å². The van der Waals surface area contributed by atoms with E-state index < -0.39 is 0 Å².